The summed E-state index contributed by atoms with van der Waals surface area (Å²) in [5, 5.41) is 5.28. The van der Waals surface area contributed by atoms with Gasteiger partial charge in [0.1, 0.15) is 5.75 Å². The number of carbonyl (C=O) groups is 4. The number of para-hydroxylation sites is 2. The van der Waals surface area contributed by atoms with E-state index < -0.39 is 24.5 Å². The number of anilines is 2. The normalized spacial score (nSPS) is 10.3. The number of amides is 2. The molecular formula is C22H22N2O7. The molecule has 0 spiro atoms. The highest BCUT2D eigenvalue weighted by Crippen LogP contribution is 2.23. The molecular weight excluding hydrogens is 404 g/mol. The van der Waals surface area contributed by atoms with E-state index in [1.54, 1.807) is 31.2 Å². The van der Waals surface area contributed by atoms with Crippen LogP contribution < -0.4 is 15.4 Å². The van der Waals surface area contributed by atoms with Crippen LogP contribution in [0.3, 0.4) is 0 Å². The van der Waals surface area contributed by atoms with Gasteiger partial charge in [0, 0.05) is 23.4 Å². The Bertz CT molecular complexity index is 968. The number of methoxy groups -OCH3 is 1. The highest BCUT2D eigenvalue weighted by Gasteiger charge is 2.11. The number of carbonyl (C=O) groups excluding carboxylic acids is 4. The van der Waals surface area contributed by atoms with Crippen LogP contribution in [-0.4, -0.2) is 44.1 Å². The van der Waals surface area contributed by atoms with Crippen LogP contribution in [0.25, 0.3) is 0 Å². The zero-order valence-corrected chi connectivity index (χ0v) is 17.0. The highest BCUT2D eigenvalue weighted by atomic mass is 16.5. The van der Waals surface area contributed by atoms with E-state index in [4.69, 9.17) is 9.47 Å². The summed E-state index contributed by atoms with van der Waals surface area (Å²) >= 11 is 0. The van der Waals surface area contributed by atoms with E-state index in [2.05, 4.69) is 15.4 Å². The van der Waals surface area contributed by atoms with Crippen molar-refractivity contribution in [1.82, 2.24) is 0 Å². The fourth-order valence-electron chi connectivity index (χ4n) is 2.36. The van der Waals surface area contributed by atoms with Crippen LogP contribution in [0.15, 0.2) is 60.7 Å². The molecule has 0 saturated carbocycles. The molecule has 31 heavy (non-hydrogen) atoms. The van der Waals surface area contributed by atoms with Gasteiger partial charge in [0.2, 0.25) is 0 Å². The first-order valence-electron chi connectivity index (χ1n) is 9.28. The topological polar surface area (TPSA) is 120 Å². The van der Waals surface area contributed by atoms with E-state index in [0.717, 1.165) is 12.2 Å². The first kappa shape index (κ1) is 23.1. The van der Waals surface area contributed by atoms with Crippen molar-refractivity contribution in [3.05, 3.63) is 66.2 Å². The first-order valence-corrected chi connectivity index (χ1v) is 9.28. The van der Waals surface area contributed by atoms with Crippen molar-refractivity contribution in [1.29, 1.82) is 0 Å². The minimum Gasteiger partial charge on any atom is -0.495 e. The van der Waals surface area contributed by atoms with Gasteiger partial charge in [0.05, 0.1) is 19.4 Å². The molecule has 0 aliphatic rings. The molecule has 2 aromatic carbocycles. The molecule has 0 aliphatic carbocycles. The maximum atomic E-state index is 12.4. The molecule has 0 aromatic heterocycles. The lowest BCUT2D eigenvalue weighted by Gasteiger charge is -2.10. The molecule has 2 amide bonds. The standard InChI is InChI=1S/C22H22N2O7/c1-3-30-20(26)12-13-21(27)31-14-19(25)23-16-10-8-15(9-11-16)22(28)24-17-6-4-5-7-18(17)29-2/h4-13H,3,14H2,1-2H3,(H,23,25)(H,24,28). The molecule has 162 valence electrons. The summed E-state index contributed by atoms with van der Waals surface area (Å²) < 4.78 is 14.6. The molecule has 0 unspecified atom stereocenters. The van der Waals surface area contributed by atoms with Gasteiger partial charge in [-0.3, -0.25) is 9.59 Å². The Hall–Kier alpha value is -4.14. The highest BCUT2D eigenvalue weighted by molar-refractivity contribution is 6.05. The number of rotatable bonds is 9. The lowest BCUT2D eigenvalue weighted by atomic mass is 10.2. The number of nitrogens with one attached hydrogen (secondary N) is 2. The fraction of sp³-hybridized carbons (Fsp3) is 0.182. The summed E-state index contributed by atoms with van der Waals surface area (Å²) in [4.78, 5) is 46.9. The van der Waals surface area contributed by atoms with Crippen LogP contribution in [0.5, 0.6) is 5.75 Å². The second kappa shape index (κ2) is 11.8. The van der Waals surface area contributed by atoms with Crippen molar-refractivity contribution in [3.8, 4) is 5.75 Å². The van der Waals surface area contributed by atoms with Gasteiger partial charge in [0.15, 0.2) is 6.61 Å². The largest absolute Gasteiger partial charge is 0.495 e. The minimum absolute atomic E-state index is 0.182. The van der Waals surface area contributed by atoms with Gasteiger partial charge in [-0.15, -0.1) is 0 Å². The molecule has 2 rings (SSSR count). The van der Waals surface area contributed by atoms with E-state index in [9.17, 15) is 19.2 Å². The van der Waals surface area contributed by atoms with Crippen LogP contribution in [0, 0.1) is 0 Å². The summed E-state index contributed by atoms with van der Waals surface area (Å²) in [5.41, 5.74) is 1.32. The predicted octanol–water partition coefficient (Wildman–Crippen LogP) is 2.55. The van der Waals surface area contributed by atoms with Crippen molar-refractivity contribution in [2.45, 2.75) is 6.92 Å². The van der Waals surface area contributed by atoms with E-state index in [-0.39, 0.29) is 12.5 Å². The maximum Gasteiger partial charge on any atom is 0.331 e. The van der Waals surface area contributed by atoms with Gasteiger partial charge in [-0.2, -0.15) is 0 Å². The number of hydrogen-bond acceptors (Lipinski definition) is 7. The zero-order valence-electron chi connectivity index (χ0n) is 17.0. The van der Waals surface area contributed by atoms with Crippen molar-refractivity contribution in [2.24, 2.45) is 0 Å². The number of benzene rings is 2. The van der Waals surface area contributed by atoms with Gasteiger partial charge >= 0.3 is 11.9 Å². The Labute approximate surface area is 179 Å². The average Bonchev–Trinajstić information content (AvgIpc) is 2.77. The van der Waals surface area contributed by atoms with Crippen LogP contribution >= 0.6 is 0 Å². The Balaban J connectivity index is 1.84. The molecule has 0 atom stereocenters. The predicted molar refractivity (Wildman–Crippen MR) is 113 cm³/mol. The molecule has 0 fully saturated rings. The van der Waals surface area contributed by atoms with Gasteiger partial charge in [-0.25, -0.2) is 9.59 Å². The number of hydrogen-bond donors (Lipinski definition) is 2. The van der Waals surface area contributed by atoms with Crippen LogP contribution in [0.4, 0.5) is 11.4 Å². The Kier molecular flexibility index (Phi) is 8.78. The maximum absolute atomic E-state index is 12.4. The molecule has 0 aliphatic heterocycles. The molecule has 2 aromatic rings. The molecule has 0 bridgehead atoms. The van der Waals surface area contributed by atoms with Gasteiger partial charge in [-0.05, 0) is 43.3 Å². The van der Waals surface area contributed by atoms with Crippen molar-refractivity contribution >= 4 is 35.1 Å². The number of esters is 2. The van der Waals surface area contributed by atoms with E-state index in [1.807, 2.05) is 0 Å². The minimum atomic E-state index is -0.855. The summed E-state index contributed by atoms with van der Waals surface area (Å²) in [5.74, 6) is -1.93. The third-order valence-corrected chi connectivity index (χ3v) is 3.77. The monoisotopic (exact) mass is 426 g/mol. The van der Waals surface area contributed by atoms with E-state index in [1.165, 1.54) is 31.4 Å². The smallest absolute Gasteiger partial charge is 0.331 e. The van der Waals surface area contributed by atoms with Gasteiger partial charge in [-0.1, -0.05) is 12.1 Å². The Morgan fingerprint density at radius 3 is 2.16 bits per heavy atom. The molecule has 2 N–H and O–H groups in total. The SMILES string of the molecule is CCOC(=O)C=CC(=O)OCC(=O)Nc1ccc(C(=O)Nc2ccccc2OC)cc1. The third kappa shape index (κ3) is 7.65. The van der Waals surface area contributed by atoms with Crippen molar-refractivity contribution in [3.63, 3.8) is 0 Å². The summed E-state index contributed by atoms with van der Waals surface area (Å²) in [6.07, 6.45) is 1.79. The Morgan fingerprint density at radius 2 is 1.52 bits per heavy atom. The molecule has 0 heterocycles. The van der Waals surface area contributed by atoms with Gasteiger partial charge < -0.3 is 24.8 Å². The second-order valence-corrected chi connectivity index (χ2v) is 5.97. The third-order valence-electron chi connectivity index (χ3n) is 3.77. The van der Waals surface area contributed by atoms with Crippen LogP contribution in [0.1, 0.15) is 17.3 Å². The summed E-state index contributed by atoms with van der Waals surface area (Å²) in [6, 6.07) is 13.2. The van der Waals surface area contributed by atoms with Crippen molar-refractivity contribution < 1.29 is 33.4 Å². The summed E-state index contributed by atoms with van der Waals surface area (Å²) in [6.45, 7) is 1.28. The zero-order chi connectivity index (χ0) is 22.6. The van der Waals surface area contributed by atoms with Crippen molar-refractivity contribution in [2.75, 3.05) is 31.0 Å². The van der Waals surface area contributed by atoms with Crippen LogP contribution in [-0.2, 0) is 23.9 Å². The lowest BCUT2D eigenvalue weighted by Crippen LogP contribution is -2.20. The average molecular weight is 426 g/mol. The molecule has 9 nitrogen and oxygen atoms in total. The first-order chi connectivity index (χ1) is 14.9. The molecule has 9 heteroatoms. The summed E-state index contributed by atoms with van der Waals surface area (Å²) in [7, 11) is 1.51. The number of ether oxygens (including phenoxy) is 3. The molecule has 0 saturated heterocycles. The van der Waals surface area contributed by atoms with E-state index in [0.29, 0.717) is 22.7 Å². The second-order valence-electron chi connectivity index (χ2n) is 5.97. The Morgan fingerprint density at radius 1 is 0.871 bits per heavy atom. The van der Waals surface area contributed by atoms with Crippen LogP contribution in [0.2, 0.25) is 0 Å². The molecule has 0 radical (unpaired) electrons. The lowest BCUT2D eigenvalue weighted by molar-refractivity contribution is -0.143. The van der Waals surface area contributed by atoms with E-state index >= 15 is 0 Å². The fourth-order valence-corrected chi connectivity index (χ4v) is 2.36. The quantitative estimate of drug-likeness (QED) is 0.467. The van der Waals surface area contributed by atoms with Gasteiger partial charge in [0.25, 0.3) is 11.8 Å².